The lowest BCUT2D eigenvalue weighted by Gasteiger charge is -2.03. The van der Waals surface area contributed by atoms with Crippen LogP contribution in [0.1, 0.15) is 11.1 Å². The van der Waals surface area contributed by atoms with Crippen molar-refractivity contribution in [3.63, 3.8) is 0 Å². The molecule has 0 aliphatic carbocycles. The van der Waals surface area contributed by atoms with Gasteiger partial charge in [-0.1, -0.05) is 12.1 Å². The Labute approximate surface area is 119 Å². The molecule has 3 rings (SSSR count). The van der Waals surface area contributed by atoms with Gasteiger partial charge in [0, 0.05) is 10.6 Å². The Balaban J connectivity index is 1.86. The van der Waals surface area contributed by atoms with Crippen molar-refractivity contribution in [3.05, 3.63) is 41.5 Å². The molecule has 20 heavy (non-hydrogen) atoms. The number of nitrogens with one attached hydrogen (secondary N) is 1. The van der Waals surface area contributed by atoms with Crippen LogP contribution in [-0.4, -0.2) is 20.4 Å². The van der Waals surface area contributed by atoms with E-state index in [0.29, 0.717) is 22.5 Å². The second-order valence-electron chi connectivity index (χ2n) is 4.14. The number of benzene rings is 1. The number of fused-ring (bicyclic) bond motifs is 1. The molecule has 7 heteroatoms. The number of nitriles is 1. The highest BCUT2D eigenvalue weighted by atomic mass is 32.2. The number of H-pyrrole nitrogens is 1. The van der Waals surface area contributed by atoms with Gasteiger partial charge in [0.15, 0.2) is 0 Å². The molecule has 0 fully saturated rings. The van der Waals surface area contributed by atoms with Gasteiger partial charge in [-0.25, -0.2) is 4.98 Å². The molecule has 1 aromatic carbocycles. The van der Waals surface area contributed by atoms with Gasteiger partial charge in [-0.3, -0.25) is 0 Å². The number of nitrogens with zero attached hydrogens (tertiary/aromatic N) is 4. The van der Waals surface area contributed by atoms with E-state index in [9.17, 15) is 0 Å². The van der Waals surface area contributed by atoms with Gasteiger partial charge in [-0.05, 0) is 23.8 Å². The first-order valence-electron chi connectivity index (χ1n) is 5.85. The number of pyridine rings is 1. The first kappa shape index (κ1) is 12.4. The molecule has 0 bridgehead atoms. The lowest BCUT2D eigenvalue weighted by Crippen LogP contribution is -1.92. The first-order chi connectivity index (χ1) is 9.76. The zero-order valence-electron chi connectivity index (χ0n) is 10.4. The molecular formula is C13H10N6S. The number of anilines is 1. The fraction of sp³-hybridized carbons (Fsp3) is 0.0769. The summed E-state index contributed by atoms with van der Waals surface area (Å²) < 4.78 is 0. The van der Waals surface area contributed by atoms with Gasteiger partial charge in [0.2, 0.25) is 5.65 Å². The van der Waals surface area contributed by atoms with Crippen LogP contribution in [0.2, 0.25) is 0 Å². The zero-order chi connectivity index (χ0) is 13.9. The molecule has 2 aromatic heterocycles. The Morgan fingerprint density at radius 2 is 2.20 bits per heavy atom. The normalized spacial score (nSPS) is 10.6. The predicted octanol–water partition coefficient (Wildman–Crippen LogP) is 2.10. The molecule has 0 aliphatic rings. The molecule has 0 unspecified atom stereocenters. The number of hydrogen-bond donors (Lipinski definition) is 2. The van der Waals surface area contributed by atoms with Crippen LogP contribution in [0, 0.1) is 11.3 Å². The number of rotatable bonds is 3. The third kappa shape index (κ3) is 2.41. The molecule has 0 saturated carbocycles. The number of aromatic nitrogens is 4. The molecule has 3 N–H and O–H groups in total. The van der Waals surface area contributed by atoms with Gasteiger partial charge in [0.25, 0.3) is 0 Å². The standard InChI is InChI=1S/C13H10N6S/c14-6-8-2-1-3-9(4-8)7-20-10-5-11(15)16-13-12(10)17-19-18-13/h1-5H,7H2,(H3,15,16,17,18,19). The van der Waals surface area contributed by atoms with Gasteiger partial charge in [-0.15, -0.1) is 16.9 Å². The highest BCUT2D eigenvalue weighted by Crippen LogP contribution is 2.29. The van der Waals surface area contributed by atoms with Crippen LogP contribution in [0.5, 0.6) is 0 Å². The maximum absolute atomic E-state index is 8.89. The van der Waals surface area contributed by atoms with E-state index in [2.05, 4.69) is 26.5 Å². The summed E-state index contributed by atoms with van der Waals surface area (Å²) in [6, 6.07) is 11.4. The van der Waals surface area contributed by atoms with Crippen molar-refractivity contribution < 1.29 is 0 Å². The lowest BCUT2D eigenvalue weighted by molar-refractivity contribution is 0.953. The summed E-state index contributed by atoms with van der Waals surface area (Å²) in [7, 11) is 0. The predicted molar refractivity (Wildman–Crippen MR) is 76.8 cm³/mol. The topological polar surface area (TPSA) is 104 Å². The van der Waals surface area contributed by atoms with Crippen molar-refractivity contribution in [1.82, 2.24) is 20.4 Å². The van der Waals surface area contributed by atoms with Crippen LogP contribution < -0.4 is 5.73 Å². The summed E-state index contributed by atoms with van der Waals surface area (Å²) in [6.07, 6.45) is 0. The van der Waals surface area contributed by atoms with Gasteiger partial charge in [-0.2, -0.15) is 15.6 Å². The number of nitrogens with two attached hydrogens (primary N) is 1. The van der Waals surface area contributed by atoms with Gasteiger partial charge in [0.05, 0.1) is 11.6 Å². The zero-order valence-corrected chi connectivity index (χ0v) is 11.2. The minimum absolute atomic E-state index is 0.416. The van der Waals surface area contributed by atoms with E-state index in [1.165, 1.54) is 0 Å². The fourth-order valence-electron chi connectivity index (χ4n) is 1.83. The average molecular weight is 282 g/mol. The van der Waals surface area contributed by atoms with Crippen molar-refractivity contribution >= 4 is 28.7 Å². The number of thioether (sulfide) groups is 1. The van der Waals surface area contributed by atoms with E-state index < -0.39 is 0 Å². The second-order valence-corrected chi connectivity index (χ2v) is 5.16. The molecule has 98 valence electrons. The van der Waals surface area contributed by atoms with Crippen molar-refractivity contribution in [2.75, 3.05) is 5.73 Å². The Kier molecular flexibility index (Phi) is 3.23. The monoisotopic (exact) mass is 282 g/mol. The van der Waals surface area contributed by atoms with Crippen LogP contribution in [0.3, 0.4) is 0 Å². The quantitative estimate of drug-likeness (QED) is 0.713. The molecular weight excluding hydrogens is 272 g/mol. The second kappa shape index (κ2) is 5.19. The highest BCUT2D eigenvalue weighted by Gasteiger charge is 2.09. The van der Waals surface area contributed by atoms with Crippen molar-refractivity contribution in [3.8, 4) is 6.07 Å². The summed E-state index contributed by atoms with van der Waals surface area (Å²) in [5.74, 6) is 1.14. The maximum Gasteiger partial charge on any atom is 0.204 e. The summed E-state index contributed by atoms with van der Waals surface area (Å²) >= 11 is 1.59. The molecule has 0 spiro atoms. The molecule has 0 radical (unpaired) electrons. The Bertz CT molecular complexity index is 804. The highest BCUT2D eigenvalue weighted by molar-refractivity contribution is 7.98. The SMILES string of the molecule is N#Cc1cccc(CSc2cc(N)nc3n[nH]nc23)c1. The fourth-order valence-corrected chi connectivity index (χ4v) is 2.81. The first-order valence-corrected chi connectivity index (χ1v) is 6.83. The van der Waals surface area contributed by atoms with Crippen LogP contribution >= 0.6 is 11.8 Å². The van der Waals surface area contributed by atoms with Crippen molar-refractivity contribution in [2.24, 2.45) is 0 Å². The van der Waals surface area contributed by atoms with E-state index in [-0.39, 0.29) is 0 Å². The molecule has 0 aliphatic heterocycles. The van der Waals surface area contributed by atoms with Gasteiger partial charge in [0.1, 0.15) is 11.3 Å². The van der Waals surface area contributed by atoms with Crippen LogP contribution in [-0.2, 0) is 5.75 Å². The minimum atomic E-state index is 0.416. The van der Waals surface area contributed by atoms with Gasteiger partial charge >= 0.3 is 0 Å². The number of nitrogen functional groups attached to an aromatic ring is 1. The third-order valence-electron chi connectivity index (χ3n) is 2.73. The summed E-state index contributed by atoms with van der Waals surface area (Å²) in [5, 5.41) is 19.5. The average Bonchev–Trinajstić information content (AvgIpc) is 2.93. The van der Waals surface area contributed by atoms with Crippen molar-refractivity contribution in [2.45, 2.75) is 10.6 Å². The molecule has 6 nitrogen and oxygen atoms in total. The molecule has 2 heterocycles. The van der Waals surface area contributed by atoms with Crippen LogP contribution in [0.4, 0.5) is 5.82 Å². The maximum atomic E-state index is 8.89. The Morgan fingerprint density at radius 1 is 1.30 bits per heavy atom. The van der Waals surface area contributed by atoms with E-state index >= 15 is 0 Å². The molecule has 0 amide bonds. The van der Waals surface area contributed by atoms with Crippen molar-refractivity contribution in [1.29, 1.82) is 5.26 Å². The number of aromatic amines is 1. The summed E-state index contributed by atoms with van der Waals surface area (Å²) in [6.45, 7) is 0. The molecule has 0 saturated heterocycles. The third-order valence-corrected chi connectivity index (χ3v) is 3.83. The largest absolute Gasteiger partial charge is 0.384 e. The van der Waals surface area contributed by atoms with Crippen LogP contribution in [0.25, 0.3) is 11.2 Å². The van der Waals surface area contributed by atoms with E-state index in [0.717, 1.165) is 16.2 Å². The minimum Gasteiger partial charge on any atom is -0.384 e. The Morgan fingerprint density at radius 3 is 3.05 bits per heavy atom. The smallest absolute Gasteiger partial charge is 0.204 e. The van der Waals surface area contributed by atoms with Gasteiger partial charge < -0.3 is 5.73 Å². The summed E-state index contributed by atoms with van der Waals surface area (Å²) in [5.41, 5.74) is 8.70. The van der Waals surface area contributed by atoms with E-state index in [4.69, 9.17) is 11.0 Å². The molecule has 0 atom stereocenters. The Hall–Kier alpha value is -2.59. The lowest BCUT2D eigenvalue weighted by atomic mass is 10.2. The number of hydrogen-bond acceptors (Lipinski definition) is 6. The summed E-state index contributed by atoms with van der Waals surface area (Å²) in [4.78, 5) is 5.02. The van der Waals surface area contributed by atoms with Crippen LogP contribution in [0.15, 0.2) is 35.2 Å². The van der Waals surface area contributed by atoms with E-state index in [1.54, 1.807) is 23.9 Å². The van der Waals surface area contributed by atoms with E-state index in [1.807, 2.05) is 18.2 Å². The molecule has 3 aromatic rings.